The third-order valence-corrected chi connectivity index (χ3v) is 7.75. The van der Waals surface area contributed by atoms with E-state index in [4.69, 9.17) is 15.1 Å². The average molecular weight is 473 g/mol. The van der Waals surface area contributed by atoms with Gasteiger partial charge in [-0.3, -0.25) is 9.89 Å². The van der Waals surface area contributed by atoms with Gasteiger partial charge in [0.25, 0.3) is 0 Å². The summed E-state index contributed by atoms with van der Waals surface area (Å²) in [5.41, 5.74) is 5.02. The molecule has 182 valence electrons. The Balaban J connectivity index is 1.69. The van der Waals surface area contributed by atoms with Gasteiger partial charge in [0.1, 0.15) is 17.7 Å². The summed E-state index contributed by atoms with van der Waals surface area (Å²) in [7, 11) is 0. The van der Waals surface area contributed by atoms with Crippen molar-refractivity contribution in [2.75, 3.05) is 13.1 Å². The molecule has 0 radical (unpaired) electrons. The number of fused-ring (bicyclic) bond motifs is 6. The van der Waals surface area contributed by atoms with Gasteiger partial charge in [-0.15, -0.1) is 0 Å². The summed E-state index contributed by atoms with van der Waals surface area (Å²) in [6.07, 6.45) is 7.18. The molecule has 6 unspecified atom stereocenters. The zero-order valence-electron chi connectivity index (χ0n) is 20.9. The fraction of sp³-hybridized carbons (Fsp3) is 0.483. The zero-order chi connectivity index (χ0) is 24.9. The van der Waals surface area contributed by atoms with Crippen LogP contribution >= 0.6 is 0 Å². The molecule has 0 saturated carbocycles. The zero-order valence-corrected chi connectivity index (χ0v) is 20.9. The molecule has 6 atom stereocenters. The maximum absolute atomic E-state index is 14.3. The van der Waals surface area contributed by atoms with Crippen LogP contribution in [0.4, 0.5) is 4.39 Å². The Kier molecular flexibility index (Phi) is 6.23. The highest BCUT2D eigenvalue weighted by Crippen LogP contribution is 2.42. The van der Waals surface area contributed by atoms with Crippen molar-refractivity contribution in [1.29, 1.82) is 10.7 Å². The molecule has 5 rings (SSSR count). The molecule has 3 aliphatic heterocycles. The van der Waals surface area contributed by atoms with Gasteiger partial charge in [0.05, 0.1) is 23.5 Å². The van der Waals surface area contributed by atoms with E-state index < -0.39 is 6.10 Å². The maximum Gasteiger partial charge on any atom is 0.138 e. The van der Waals surface area contributed by atoms with Crippen molar-refractivity contribution in [3.8, 4) is 6.07 Å². The third-order valence-electron chi connectivity index (χ3n) is 7.75. The van der Waals surface area contributed by atoms with Crippen LogP contribution in [0.25, 0.3) is 0 Å². The summed E-state index contributed by atoms with van der Waals surface area (Å²) in [6.45, 7) is 9.77. The van der Waals surface area contributed by atoms with Crippen molar-refractivity contribution in [3.63, 3.8) is 0 Å². The van der Waals surface area contributed by atoms with Crippen LogP contribution in [-0.2, 0) is 4.74 Å². The van der Waals surface area contributed by atoms with Crippen LogP contribution in [0.15, 0.2) is 58.3 Å². The van der Waals surface area contributed by atoms with Crippen LogP contribution in [0.2, 0.25) is 0 Å². The molecule has 1 saturated heterocycles. The van der Waals surface area contributed by atoms with E-state index in [1.54, 1.807) is 6.07 Å². The minimum absolute atomic E-state index is 0.00121. The summed E-state index contributed by atoms with van der Waals surface area (Å²) in [6, 6.07) is 7.69. The van der Waals surface area contributed by atoms with Crippen LogP contribution in [-0.4, -0.2) is 35.5 Å². The van der Waals surface area contributed by atoms with Gasteiger partial charge in [0.2, 0.25) is 0 Å². The van der Waals surface area contributed by atoms with E-state index in [2.05, 4.69) is 37.0 Å². The summed E-state index contributed by atoms with van der Waals surface area (Å²) in [4.78, 5) is 7.51. The number of nitrogens with one attached hydrogen (secondary N) is 1. The Labute approximate surface area is 207 Å². The molecule has 1 fully saturated rings. The van der Waals surface area contributed by atoms with E-state index in [-0.39, 0.29) is 29.7 Å². The second-order valence-electron chi connectivity index (χ2n) is 10.6. The summed E-state index contributed by atoms with van der Waals surface area (Å²) in [5.74, 6) is 0.363. The van der Waals surface area contributed by atoms with Gasteiger partial charge in [-0.2, -0.15) is 5.26 Å². The van der Waals surface area contributed by atoms with Gasteiger partial charge >= 0.3 is 0 Å². The number of hydrogen-bond donors (Lipinski definition) is 1. The molecule has 0 amide bonds. The lowest BCUT2D eigenvalue weighted by atomic mass is 9.81. The molecule has 1 aliphatic carbocycles. The standard InChI is InChI=1S/C29H33FN4O/c1-16(2)24-10-20(13-31)28-19-7-5-6-17(3)29(32)27(11-19)35-18(4)23-12-21(30)8-9-22(23)26-15-34(26)14-25(28)33-24/h5,7-9,11-12,16-19,24,26,32H,6,10,14-15H2,1-4H3/b7-5-,27-11?,32-29?. The van der Waals surface area contributed by atoms with Crippen molar-refractivity contribution < 1.29 is 9.13 Å². The highest BCUT2D eigenvalue weighted by Gasteiger charge is 2.41. The molecular formula is C29H33FN4O. The molecule has 1 aromatic rings. The van der Waals surface area contributed by atoms with E-state index in [1.165, 1.54) is 6.07 Å². The summed E-state index contributed by atoms with van der Waals surface area (Å²) < 4.78 is 20.8. The second kappa shape index (κ2) is 9.20. The lowest BCUT2D eigenvalue weighted by Crippen LogP contribution is -2.31. The number of nitriles is 1. The lowest BCUT2D eigenvalue weighted by Gasteiger charge is -2.31. The smallest absolute Gasteiger partial charge is 0.138 e. The van der Waals surface area contributed by atoms with E-state index in [9.17, 15) is 9.65 Å². The number of ether oxygens (including phenoxy) is 1. The highest BCUT2D eigenvalue weighted by molar-refractivity contribution is 6.05. The molecule has 35 heavy (non-hydrogen) atoms. The largest absolute Gasteiger partial charge is 0.484 e. The number of dihydropyridines is 1. The van der Waals surface area contributed by atoms with Crippen LogP contribution in [0, 0.1) is 40.3 Å². The quantitative estimate of drug-likeness (QED) is 0.398. The SMILES string of the molecule is CC1C/C=C\C2C=C(OC(C)c3cc(F)ccc3C3CN3CC3=NC(C(C)C)CC(C#N)=C32)C1=N. The molecular weight excluding hydrogens is 439 g/mol. The van der Waals surface area contributed by atoms with E-state index >= 15 is 0 Å². The van der Waals surface area contributed by atoms with E-state index in [0.717, 1.165) is 41.0 Å². The number of hydrogen-bond acceptors (Lipinski definition) is 5. The minimum Gasteiger partial charge on any atom is -0.484 e. The van der Waals surface area contributed by atoms with Crippen LogP contribution < -0.4 is 0 Å². The first kappa shape index (κ1) is 23.7. The van der Waals surface area contributed by atoms with Crippen LogP contribution in [0.1, 0.15) is 63.8 Å². The molecule has 5 nitrogen and oxygen atoms in total. The van der Waals surface area contributed by atoms with Gasteiger partial charge in [-0.25, -0.2) is 4.39 Å². The molecule has 3 heterocycles. The number of halogens is 1. The topological polar surface area (TPSA) is 72.2 Å². The molecule has 6 heteroatoms. The number of allylic oxidation sites excluding steroid dienone is 4. The first-order chi connectivity index (χ1) is 16.8. The monoisotopic (exact) mass is 472 g/mol. The Bertz CT molecular complexity index is 1220. The van der Waals surface area contributed by atoms with Gasteiger partial charge in [-0.1, -0.05) is 39.0 Å². The normalized spacial score (nSPS) is 33.2. The molecule has 0 aromatic heterocycles. The van der Waals surface area contributed by atoms with Gasteiger partial charge in [-0.05, 0) is 54.2 Å². The van der Waals surface area contributed by atoms with Crippen molar-refractivity contribution in [2.45, 2.75) is 58.7 Å². The number of nitrogens with zero attached hydrogens (tertiary/aromatic N) is 3. The molecule has 4 aliphatic rings. The summed E-state index contributed by atoms with van der Waals surface area (Å²) in [5, 5.41) is 19.0. The molecule has 1 N–H and O–H groups in total. The molecule has 2 bridgehead atoms. The molecule has 0 spiro atoms. The second-order valence-corrected chi connectivity index (χ2v) is 10.6. The Morgan fingerprint density at radius 2 is 2.06 bits per heavy atom. The van der Waals surface area contributed by atoms with Crippen molar-refractivity contribution in [2.24, 2.45) is 22.7 Å². The molecule has 1 aromatic carbocycles. The Morgan fingerprint density at radius 3 is 2.80 bits per heavy atom. The van der Waals surface area contributed by atoms with Crippen molar-refractivity contribution >= 4 is 11.4 Å². The predicted molar refractivity (Wildman–Crippen MR) is 136 cm³/mol. The third kappa shape index (κ3) is 4.50. The van der Waals surface area contributed by atoms with E-state index in [0.29, 0.717) is 30.4 Å². The predicted octanol–water partition coefficient (Wildman–Crippen LogP) is 6.08. The van der Waals surface area contributed by atoms with Crippen molar-refractivity contribution in [3.05, 3.63) is 70.3 Å². The first-order valence-electron chi connectivity index (χ1n) is 12.6. The fourth-order valence-electron chi connectivity index (χ4n) is 5.49. The Hall–Kier alpha value is -3.04. The average Bonchev–Trinajstić information content (AvgIpc) is 3.58. The number of aliphatic imine (C=N–C) groups is 1. The highest BCUT2D eigenvalue weighted by atomic mass is 19.1. The van der Waals surface area contributed by atoms with Crippen LogP contribution in [0.3, 0.4) is 0 Å². The van der Waals surface area contributed by atoms with Crippen molar-refractivity contribution in [1.82, 2.24) is 4.90 Å². The van der Waals surface area contributed by atoms with Gasteiger partial charge < -0.3 is 10.1 Å². The van der Waals surface area contributed by atoms with Gasteiger partial charge in [0.15, 0.2) is 0 Å². The van der Waals surface area contributed by atoms with Gasteiger partial charge in [0, 0.05) is 43.0 Å². The lowest BCUT2D eigenvalue weighted by molar-refractivity contribution is 0.144. The van der Waals surface area contributed by atoms with E-state index in [1.807, 2.05) is 26.0 Å². The Morgan fingerprint density at radius 1 is 1.26 bits per heavy atom. The van der Waals surface area contributed by atoms with Crippen LogP contribution in [0.5, 0.6) is 0 Å². The fourth-order valence-corrected chi connectivity index (χ4v) is 5.49. The maximum atomic E-state index is 14.3. The minimum atomic E-state index is -0.403. The number of rotatable bonds is 1. The number of benzene rings is 1. The summed E-state index contributed by atoms with van der Waals surface area (Å²) >= 11 is 0. The first-order valence-corrected chi connectivity index (χ1v) is 12.6.